The molecule has 2 rings (SSSR count). The average molecular weight is 372 g/mol. The van der Waals surface area contributed by atoms with Gasteiger partial charge in [-0.15, -0.1) is 0 Å². The highest BCUT2D eigenvalue weighted by molar-refractivity contribution is 5.96. The molecule has 26 heavy (non-hydrogen) atoms. The zero-order chi connectivity index (χ0) is 19.9. The molecule has 0 spiro atoms. The van der Waals surface area contributed by atoms with E-state index >= 15 is 0 Å². The molecule has 0 aromatic carbocycles. The molecule has 0 atom stereocenters. The van der Waals surface area contributed by atoms with Crippen LogP contribution in [0.5, 0.6) is 0 Å². The van der Waals surface area contributed by atoms with Crippen molar-refractivity contribution in [3.8, 4) is 0 Å². The number of pyridine rings is 1. The molecule has 1 aromatic heterocycles. The molecule has 0 radical (unpaired) electrons. The van der Waals surface area contributed by atoms with Crippen molar-refractivity contribution in [1.82, 2.24) is 19.7 Å². The molecule has 9 heteroatoms. The monoisotopic (exact) mass is 372 g/mol. The summed E-state index contributed by atoms with van der Waals surface area (Å²) in [5.41, 5.74) is -1.51. The van der Waals surface area contributed by atoms with Crippen molar-refractivity contribution in [2.75, 3.05) is 33.7 Å². The van der Waals surface area contributed by atoms with Crippen LogP contribution in [0, 0.1) is 6.92 Å². The van der Waals surface area contributed by atoms with Crippen molar-refractivity contribution in [3.63, 3.8) is 0 Å². The summed E-state index contributed by atoms with van der Waals surface area (Å²) in [4.78, 5) is 33.3. The molecule has 0 N–H and O–H groups in total. The van der Waals surface area contributed by atoms with Crippen LogP contribution >= 0.6 is 0 Å². The minimum Gasteiger partial charge on any atom is -0.331 e. The Morgan fingerprint density at radius 3 is 2.27 bits per heavy atom. The fourth-order valence-corrected chi connectivity index (χ4v) is 3.07. The first-order valence-electron chi connectivity index (χ1n) is 8.17. The second-order valence-electron chi connectivity index (χ2n) is 7.20. The number of hydrogen-bond donors (Lipinski definition) is 0. The lowest BCUT2D eigenvalue weighted by atomic mass is 9.97. The number of amides is 3. The van der Waals surface area contributed by atoms with Crippen molar-refractivity contribution in [2.45, 2.75) is 32.5 Å². The fourth-order valence-electron chi connectivity index (χ4n) is 3.07. The number of carbonyl (C=O) groups excluding carboxylic acids is 2. The SMILES string of the molecule is Cc1nc(C(F)(F)F)ccc1C(=O)N1CCN(C(=O)N(C)C)CC1(C)C. The molecule has 144 valence electrons. The van der Waals surface area contributed by atoms with Crippen LogP contribution in [0.2, 0.25) is 0 Å². The van der Waals surface area contributed by atoms with Gasteiger partial charge in [-0.2, -0.15) is 13.2 Å². The molecule has 1 saturated heterocycles. The molecule has 1 aliphatic heterocycles. The Morgan fingerprint density at radius 1 is 1.19 bits per heavy atom. The number of carbonyl (C=O) groups is 2. The number of nitrogens with zero attached hydrogens (tertiary/aromatic N) is 4. The van der Waals surface area contributed by atoms with Crippen LogP contribution in [0.1, 0.15) is 35.6 Å². The first-order valence-corrected chi connectivity index (χ1v) is 8.17. The van der Waals surface area contributed by atoms with Crippen molar-refractivity contribution < 1.29 is 22.8 Å². The molecule has 0 aliphatic carbocycles. The number of aromatic nitrogens is 1. The number of urea groups is 1. The van der Waals surface area contributed by atoms with Crippen LogP contribution in [-0.2, 0) is 6.18 Å². The van der Waals surface area contributed by atoms with Crippen molar-refractivity contribution >= 4 is 11.9 Å². The Morgan fingerprint density at radius 2 is 1.81 bits per heavy atom. The Balaban J connectivity index is 2.24. The number of rotatable bonds is 1. The van der Waals surface area contributed by atoms with E-state index in [1.165, 1.54) is 17.9 Å². The summed E-state index contributed by atoms with van der Waals surface area (Å²) in [5, 5.41) is 0. The molecule has 0 bridgehead atoms. The van der Waals surface area contributed by atoms with Crippen LogP contribution in [0.25, 0.3) is 0 Å². The third-order valence-electron chi connectivity index (χ3n) is 4.41. The van der Waals surface area contributed by atoms with Crippen LogP contribution in [0.3, 0.4) is 0 Å². The van der Waals surface area contributed by atoms with E-state index in [1.54, 1.807) is 23.9 Å². The van der Waals surface area contributed by atoms with E-state index in [2.05, 4.69) is 4.98 Å². The molecule has 1 aromatic rings. The summed E-state index contributed by atoms with van der Waals surface area (Å²) in [6, 6.07) is 1.84. The predicted octanol–water partition coefficient (Wildman–Crippen LogP) is 2.63. The minimum absolute atomic E-state index is 0.0347. The number of aryl methyl sites for hydroxylation is 1. The van der Waals surface area contributed by atoms with E-state index in [4.69, 9.17) is 0 Å². The van der Waals surface area contributed by atoms with Gasteiger partial charge < -0.3 is 14.7 Å². The van der Waals surface area contributed by atoms with Gasteiger partial charge in [-0.3, -0.25) is 4.79 Å². The van der Waals surface area contributed by atoms with Crippen molar-refractivity contribution in [2.24, 2.45) is 0 Å². The molecule has 2 heterocycles. The summed E-state index contributed by atoms with van der Waals surface area (Å²) in [6.07, 6.45) is -4.55. The maximum atomic E-state index is 12.9. The second kappa shape index (κ2) is 6.77. The highest BCUT2D eigenvalue weighted by atomic mass is 19.4. The van der Waals surface area contributed by atoms with Gasteiger partial charge in [0.15, 0.2) is 0 Å². The van der Waals surface area contributed by atoms with Gasteiger partial charge in [-0.05, 0) is 32.9 Å². The quantitative estimate of drug-likeness (QED) is 0.762. The Bertz CT molecular complexity index is 716. The van der Waals surface area contributed by atoms with Crippen LogP contribution in [0.15, 0.2) is 12.1 Å². The summed E-state index contributed by atoms with van der Waals surface area (Å²) >= 11 is 0. The summed E-state index contributed by atoms with van der Waals surface area (Å²) in [6.45, 7) is 6.04. The third-order valence-corrected chi connectivity index (χ3v) is 4.41. The standard InChI is InChI=1S/C17H23F3N4O2/c1-11-12(6-7-13(21-11)17(18,19)20)14(25)24-9-8-23(10-16(24,2)3)15(26)22(4)5/h6-7H,8-10H2,1-5H3. The van der Waals surface area contributed by atoms with E-state index in [9.17, 15) is 22.8 Å². The van der Waals surface area contributed by atoms with Gasteiger partial charge in [0.2, 0.25) is 0 Å². The molecule has 0 unspecified atom stereocenters. The largest absolute Gasteiger partial charge is 0.433 e. The average Bonchev–Trinajstić information content (AvgIpc) is 2.51. The van der Waals surface area contributed by atoms with E-state index in [-0.39, 0.29) is 23.2 Å². The second-order valence-corrected chi connectivity index (χ2v) is 7.20. The van der Waals surface area contributed by atoms with Crippen molar-refractivity contribution in [1.29, 1.82) is 0 Å². The van der Waals surface area contributed by atoms with Crippen LogP contribution in [-0.4, -0.2) is 70.9 Å². The zero-order valence-corrected chi connectivity index (χ0v) is 15.5. The van der Waals surface area contributed by atoms with Gasteiger partial charge in [0.25, 0.3) is 5.91 Å². The lowest BCUT2D eigenvalue weighted by Gasteiger charge is -2.47. The Labute approximate surface area is 150 Å². The smallest absolute Gasteiger partial charge is 0.331 e. The minimum atomic E-state index is -4.55. The molecular formula is C17H23F3N4O2. The maximum Gasteiger partial charge on any atom is 0.433 e. The third kappa shape index (κ3) is 3.91. The van der Waals surface area contributed by atoms with Gasteiger partial charge in [-0.25, -0.2) is 9.78 Å². The highest BCUT2D eigenvalue weighted by Gasteiger charge is 2.40. The maximum absolute atomic E-state index is 12.9. The van der Waals surface area contributed by atoms with Crippen LogP contribution in [0.4, 0.5) is 18.0 Å². The molecule has 6 nitrogen and oxygen atoms in total. The lowest BCUT2D eigenvalue weighted by Crippen LogP contribution is -2.63. The van der Waals surface area contributed by atoms with Crippen molar-refractivity contribution in [3.05, 3.63) is 29.1 Å². The number of hydrogen-bond acceptors (Lipinski definition) is 3. The summed E-state index contributed by atoms with van der Waals surface area (Å²) < 4.78 is 38.3. The summed E-state index contributed by atoms with van der Waals surface area (Å²) in [7, 11) is 3.31. The van der Waals surface area contributed by atoms with Gasteiger partial charge in [0.1, 0.15) is 5.69 Å². The van der Waals surface area contributed by atoms with Crippen LogP contribution < -0.4 is 0 Å². The normalized spacial score (nSPS) is 17.2. The first-order chi connectivity index (χ1) is 11.8. The van der Waals surface area contributed by atoms with E-state index < -0.39 is 17.4 Å². The Kier molecular flexibility index (Phi) is 5.21. The van der Waals surface area contributed by atoms with Gasteiger partial charge in [-0.1, -0.05) is 0 Å². The highest BCUT2D eigenvalue weighted by Crippen LogP contribution is 2.29. The van der Waals surface area contributed by atoms with E-state index in [0.29, 0.717) is 19.6 Å². The topological polar surface area (TPSA) is 56.8 Å². The van der Waals surface area contributed by atoms with E-state index in [0.717, 1.165) is 6.07 Å². The molecule has 1 fully saturated rings. The first kappa shape index (κ1) is 20.0. The Hall–Kier alpha value is -2.32. The number of halogens is 3. The number of alkyl halides is 3. The van der Waals surface area contributed by atoms with E-state index in [1.807, 2.05) is 13.8 Å². The zero-order valence-electron chi connectivity index (χ0n) is 15.5. The fraction of sp³-hybridized carbons (Fsp3) is 0.588. The number of piperazine rings is 1. The molecule has 1 aliphatic rings. The summed E-state index contributed by atoms with van der Waals surface area (Å²) in [5.74, 6) is -0.384. The molecule has 0 saturated carbocycles. The lowest BCUT2D eigenvalue weighted by molar-refractivity contribution is -0.141. The molecule has 3 amide bonds. The van der Waals surface area contributed by atoms with Gasteiger partial charge >= 0.3 is 12.2 Å². The predicted molar refractivity (Wildman–Crippen MR) is 89.7 cm³/mol. The van der Waals surface area contributed by atoms with Gasteiger partial charge in [0.05, 0.1) is 16.8 Å². The van der Waals surface area contributed by atoms with Gasteiger partial charge in [0, 0.05) is 33.7 Å². The molecular weight excluding hydrogens is 349 g/mol.